The summed E-state index contributed by atoms with van der Waals surface area (Å²) in [5.74, 6) is -4.05. The van der Waals surface area contributed by atoms with Gasteiger partial charge in [-0.3, -0.25) is 19.3 Å². The molecule has 0 radical (unpaired) electrons. The minimum atomic E-state index is -1.41. The number of halogens is 4. The fourth-order valence-electron chi connectivity index (χ4n) is 3.18. The van der Waals surface area contributed by atoms with Crippen molar-refractivity contribution < 1.29 is 33.4 Å². The molecule has 13 heteroatoms. The fourth-order valence-corrected chi connectivity index (χ4v) is 4.20. The predicted octanol–water partition coefficient (Wildman–Crippen LogP) is 4.64. The first-order chi connectivity index (χ1) is 16.5. The maximum Gasteiger partial charge on any atom is 0.338 e. The smallest absolute Gasteiger partial charge is 0.338 e. The van der Waals surface area contributed by atoms with Crippen LogP contribution in [-0.2, 0) is 19.1 Å². The van der Waals surface area contributed by atoms with Crippen LogP contribution in [0.15, 0.2) is 24.3 Å². The van der Waals surface area contributed by atoms with Crippen molar-refractivity contribution in [3.8, 4) is 0 Å². The molecule has 184 valence electrons. The Bertz CT molecular complexity index is 1200. The van der Waals surface area contributed by atoms with Crippen LogP contribution in [0.5, 0.6) is 0 Å². The van der Waals surface area contributed by atoms with Crippen LogP contribution in [-0.4, -0.2) is 53.8 Å². The molecule has 3 amide bonds. The number of carbonyl (C=O) groups is 5. The highest BCUT2D eigenvalue weighted by Crippen LogP contribution is 2.45. The lowest BCUT2D eigenvalue weighted by molar-refractivity contribution is -0.150. The van der Waals surface area contributed by atoms with Gasteiger partial charge >= 0.3 is 11.9 Å². The summed E-state index contributed by atoms with van der Waals surface area (Å²) in [6.07, 6.45) is 0. The minimum absolute atomic E-state index is 0.206. The largest absolute Gasteiger partial charge is 0.462 e. The molecule has 0 bridgehead atoms. The number of nitrogens with zero attached hydrogens (tertiary/aromatic N) is 1. The van der Waals surface area contributed by atoms with Crippen molar-refractivity contribution in [1.82, 2.24) is 4.90 Å². The zero-order valence-electron chi connectivity index (χ0n) is 18.1. The van der Waals surface area contributed by atoms with Crippen LogP contribution in [0, 0.1) is 0 Å². The maximum atomic E-state index is 12.8. The van der Waals surface area contributed by atoms with Crippen LogP contribution in [0.2, 0.25) is 20.1 Å². The molecule has 0 saturated heterocycles. The van der Waals surface area contributed by atoms with Crippen LogP contribution in [0.3, 0.4) is 0 Å². The lowest BCUT2D eigenvalue weighted by Crippen LogP contribution is -2.44. The third-order valence-electron chi connectivity index (χ3n) is 4.89. The van der Waals surface area contributed by atoms with Gasteiger partial charge in [-0.15, -0.1) is 0 Å². The Morgan fingerprint density at radius 3 is 1.89 bits per heavy atom. The van der Waals surface area contributed by atoms with E-state index in [1.54, 1.807) is 6.92 Å². The summed E-state index contributed by atoms with van der Waals surface area (Å²) in [4.78, 5) is 62.6. The van der Waals surface area contributed by atoms with Crippen molar-refractivity contribution in [2.75, 3.05) is 18.5 Å². The zero-order valence-corrected chi connectivity index (χ0v) is 21.1. The number of carbonyl (C=O) groups excluding carboxylic acids is 5. The summed E-state index contributed by atoms with van der Waals surface area (Å²) < 4.78 is 9.83. The van der Waals surface area contributed by atoms with E-state index < -0.39 is 42.3 Å². The lowest BCUT2D eigenvalue weighted by Gasteiger charge is -2.20. The van der Waals surface area contributed by atoms with Gasteiger partial charge in [0.2, 0.25) is 0 Å². The number of imide groups is 1. The molecular weight excluding hydrogens is 546 g/mol. The summed E-state index contributed by atoms with van der Waals surface area (Å²) in [6, 6.07) is 4.44. The molecule has 1 aliphatic heterocycles. The van der Waals surface area contributed by atoms with Gasteiger partial charge in [-0.05, 0) is 38.1 Å². The van der Waals surface area contributed by atoms with E-state index in [9.17, 15) is 24.0 Å². The summed E-state index contributed by atoms with van der Waals surface area (Å²) in [5.41, 5.74) is 0.0822. The van der Waals surface area contributed by atoms with E-state index in [4.69, 9.17) is 55.9 Å². The first kappa shape index (κ1) is 26.7. The van der Waals surface area contributed by atoms with Gasteiger partial charge in [-0.1, -0.05) is 46.4 Å². The summed E-state index contributed by atoms with van der Waals surface area (Å²) in [7, 11) is 0. The van der Waals surface area contributed by atoms with Crippen LogP contribution < -0.4 is 5.32 Å². The normalized spacial score (nSPS) is 13.4. The van der Waals surface area contributed by atoms with Gasteiger partial charge in [0.15, 0.2) is 6.61 Å². The monoisotopic (exact) mass is 560 g/mol. The molecule has 3 rings (SSSR count). The molecule has 1 heterocycles. The van der Waals surface area contributed by atoms with Crippen molar-refractivity contribution in [1.29, 1.82) is 0 Å². The molecule has 1 N–H and O–H groups in total. The van der Waals surface area contributed by atoms with E-state index in [1.807, 2.05) is 0 Å². The lowest BCUT2D eigenvalue weighted by atomic mass is 10.1. The molecular formula is C22H16Cl4N2O7. The summed E-state index contributed by atoms with van der Waals surface area (Å²) in [5, 5.41) is 1.53. The Balaban J connectivity index is 1.63. The van der Waals surface area contributed by atoms with E-state index >= 15 is 0 Å². The molecule has 0 fully saturated rings. The Morgan fingerprint density at radius 2 is 1.40 bits per heavy atom. The van der Waals surface area contributed by atoms with E-state index in [1.165, 1.54) is 31.2 Å². The zero-order chi connectivity index (χ0) is 26.0. The van der Waals surface area contributed by atoms with Gasteiger partial charge in [0, 0.05) is 5.69 Å². The molecule has 1 unspecified atom stereocenters. The van der Waals surface area contributed by atoms with Crippen LogP contribution in [0.25, 0.3) is 0 Å². The van der Waals surface area contributed by atoms with Gasteiger partial charge in [0.1, 0.15) is 6.04 Å². The number of anilines is 1. The Hall–Kier alpha value is -2.85. The highest BCUT2D eigenvalue weighted by Gasteiger charge is 2.45. The minimum Gasteiger partial charge on any atom is -0.462 e. The maximum absolute atomic E-state index is 12.8. The molecule has 0 spiro atoms. The van der Waals surface area contributed by atoms with Crippen molar-refractivity contribution in [3.05, 3.63) is 61.0 Å². The molecule has 2 aromatic carbocycles. The number of hydrogen-bond donors (Lipinski definition) is 1. The van der Waals surface area contributed by atoms with Crippen LogP contribution in [0.4, 0.5) is 5.69 Å². The van der Waals surface area contributed by atoms with E-state index in [2.05, 4.69) is 5.32 Å². The molecule has 35 heavy (non-hydrogen) atoms. The second-order valence-corrected chi connectivity index (χ2v) is 8.63. The SMILES string of the molecule is CCOC(=O)c1ccc(NC(=O)COC(=O)C(C)N2C(=O)c3c(Cl)c(Cl)c(Cl)c(Cl)c3C2=O)cc1. The average molecular weight is 562 g/mol. The van der Waals surface area contributed by atoms with Crippen molar-refractivity contribution >= 4 is 81.8 Å². The molecule has 9 nitrogen and oxygen atoms in total. The number of amides is 3. The average Bonchev–Trinajstić information content (AvgIpc) is 3.09. The predicted molar refractivity (Wildman–Crippen MR) is 128 cm³/mol. The second kappa shape index (κ2) is 10.8. The second-order valence-electron chi connectivity index (χ2n) is 7.12. The van der Waals surface area contributed by atoms with Crippen LogP contribution >= 0.6 is 46.4 Å². The van der Waals surface area contributed by atoms with E-state index in [0.717, 1.165) is 0 Å². The van der Waals surface area contributed by atoms with Gasteiger partial charge in [-0.25, -0.2) is 9.59 Å². The topological polar surface area (TPSA) is 119 Å². The van der Waals surface area contributed by atoms with Crippen molar-refractivity contribution in [3.63, 3.8) is 0 Å². The van der Waals surface area contributed by atoms with E-state index in [-0.39, 0.29) is 37.8 Å². The number of nitrogens with one attached hydrogen (secondary N) is 1. The molecule has 0 saturated carbocycles. The quantitative estimate of drug-likeness (QED) is 0.226. The summed E-state index contributed by atoms with van der Waals surface area (Å²) in [6.45, 7) is 2.44. The molecule has 2 aromatic rings. The highest BCUT2D eigenvalue weighted by atomic mass is 35.5. The third-order valence-corrected chi connectivity index (χ3v) is 6.69. The first-order valence-electron chi connectivity index (χ1n) is 9.97. The Morgan fingerprint density at radius 1 is 0.886 bits per heavy atom. The molecule has 1 atom stereocenters. The Kier molecular flexibility index (Phi) is 8.27. The standard InChI is InChI=1S/C22H16Cl4N2O7/c1-3-34-22(33)10-4-6-11(7-5-10)27-12(29)8-35-21(32)9(2)28-19(30)13-14(20(28)31)16(24)18(26)17(25)15(13)23/h4-7,9H,3,8H2,1-2H3,(H,27,29). The Labute approximate surface area is 219 Å². The number of ether oxygens (including phenoxy) is 2. The van der Waals surface area contributed by atoms with Crippen molar-refractivity contribution in [2.24, 2.45) is 0 Å². The number of rotatable bonds is 7. The number of fused-ring (bicyclic) bond motifs is 1. The molecule has 0 aliphatic carbocycles. The number of hydrogen-bond acceptors (Lipinski definition) is 7. The third kappa shape index (κ3) is 5.23. The van der Waals surface area contributed by atoms with Gasteiger partial charge in [0.25, 0.3) is 17.7 Å². The molecule has 1 aliphatic rings. The summed E-state index contributed by atoms with van der Waals surface area (Å²) >= 11 is 24.1. The van der Waals surface area contributed by atoms with Gasteiger partial charge in [-0.2, -0.15) is 0 Å². The fraction of sp³-hybridized carbons (Fsp3) is 0.227. The highest BCUT2D eigenvalue weighted by molar-refractivity contribution is 6.55. The number of benzene rings is 2. The first-order valence-corrected chi connectivity index (χ1v) is 11.5. The molecule has 0 aromatic heterocycles. The van der Waals surface area contributed by atoms with Crippen LogP contribution in [0.1, 0.15) is 44.9 Å². The van der Waals surface area contributed by atoms with E-state index in [0.29, 0.717) is 16.2 Å². The van der Waals surface area contributed by atoms with Gasteiger partial charge < -0.3 is 14.8 Å². The van der Waals surface area contributed by atoms with Gasteiger partial charge in [0.05, 0.1) is 43.4 Å². The number of esters is 2. The van der Waals surface area contributed by atoms with Crippen molar-refractivity contribution in [2.45, 2.75) is 19.9 Å².